The summed E-state index contributed by atoms with van der Waals surface area (Å²) >= 11 is 1.96. The Labute approximate surface area is 125 Å². The van der Waals surface area contributed by atoms with Crippen LogP contribution < -0.4 is 5.32 Å². The van der Waals surface area contributed by atoms with Crippen molar-refractivity contribution in [3.05, 3.63) is 36.0 Å². The van der Waals surface area contributed by atoms with Gasteiger partial charge in [0.1, 0.15) is 0 Å². The molecule has 2 N–H and O–H groups in total. The van der Waals surface area contributed by atoms with E-state index in [-0.39, 0.29) is 0 Å². The van der Waals surface area contributed by atoms with Gasteiger partial charge < -0.3 is 10.3 Å². The molecular formula is C17H24N2S. The van der Waals surface area contributed by atoms with E-state index in [1.165, 1.54) is 35.1 Å². The third-order valence-corrected chi connectivity index (χ3v) is 5.51. The van der Waals surface area contributed by atoms with E-state index in [2.05, 4.69) is 60.9 Å². The number of nitrogens with one attached hydrogen (secondary N) is 2. The first kappa shape index (κ1) is 14.0. The molecule has 20 heavy (non-hydrogen) atoms. The monoisotopic (exact) mass is 288 g/mol. The van der Waals surface area contributed by atoms with E-state index in [9.17, 15) is 0 Å². The zero-order chi connectivity index (χ0) is 14.2. The fraction of sp³-hybridized carbons (Fsp3) is 0.529. The molecule has 1 heterocycles. The van der Waals surface area contributed by atoms with E-state index in [1.54, 1.807) is 0 Å². The van der Waals surface area contributed by atoms with Crippen LogP contribution in [0, 0.1) is 0 Å². The van der Waals surface area contributed by atoms with Gasteiger partial charge >= 0.3 is 0 Å². The van der Waals surface area contributed by atoms with Crippen LogP contribution in [0.25, 0.3) is 10.9 Å². The molecule has 0 aliphatic heterocycles. The molecule has 2 atom stereocenters. The minimum atomic E-state index is 0.416. The van der Waals surface area contributed by atoms with Gasteiger partial charge in [0, 0.05) is 34.4 Å². The third-order valence-electron chi connectivity index (χ3n) is 4.67. The fourth-order valence-electron chi connectivity index (χ4n) is 3.11. The van der Waals surface area contributed by atoms with Gasteiger partial charge in [0.15, 0.2) is 0 Å². The van der Waals surface area contributed by atoms with Crippen LogP contribution in [0.2, 0.25) is 0 Å². The van der Waals surface area contributed by atoms with Gasteiger partial charge in [-0.25, -0.2) is 0 Å². The van der Waals surface area contributed by atoms with Crippen LogP contribution in [-0.4, -0.2) is 28.6 Å². The molecule has 3 heteroatoms. The van der Waals surface area contributed by atoms with Gasteiger partial charge in [-0.15, -0.1) is 0 Å². The van der Waals surface area contributed by atoms with E-state index < -0.39 is 0 Å². The fourth-order valence-corrected chi connectivity index (χ4v) is 4.03. The predicted octanol–water partition coefficient (Wildman–Crippen LogP) is 4.15. The molecule has 2 nitrogen and oxygen atoms in total. The smallest absolute Gasteiger partial charge is 0.0456 e. The van der Waals surface area contributed by atoms with E-state index in [1.807, 2.05) is 11.8 Å². The highest BCUT2D eigenvalue weighted by molar-refractivity contribution is 7.98. The number of aromatic amines is 1. The number of hydrogen-bond acceptors (Lipinski definition) is 2. The second kappa shape index (κ2) is 5.45. The van der Waals surface area contributed by atoms with E-state index in [4.69, 9.17) is 0 Å². The summed E-state index contributed by atoms with van der Waals surface area (Å²) in [4.78, 5) is 3.40. The van der Waals surface area contributed by atoms with Gasteiger partial charge in [-0.3, -0.25) is 0 Å². The Bertz CT molecular complexity index is 585. The number of H-pyrrole nitrogens is 1. The molecule has 0 bridgehead atoms. The maximum absolute atomic E-state index is 3.89. The molecular weight excluding hydrogens is 264 g/mol. The van der Waals surface area contributed by atoms with Crippen molar-refractivity contribution in [2.45, 2.75) is 44.2 Å². The number of hydrogen-bond donors (Lipinski definition) is 2. The average Bonchev–Trinajstić information content (AvgIpc) is 3.06. The third kappa shape index (κ3) is 2.61. The normalized spacial score (nSPS) is 19.9. The highest BCUT2D eigenvalue weighted by Crippen LogP contribution is 2.40. The van der Waals surface area contributed by atoms with Gasteiger partial charge in [0.25, 0.3) is 0 Å². The largest absolute Gasteiger partial charge is 0.361 e. The number of fused-ring (bicyclic) bond motifs is 1. The van der Waals surface area contributed by atoms with E-state index in [0.29, 0.717) is 17.5 Å². The first-order chi connectivity index (χ1) is 9.65. The van der Waals surface area contributed by atoms with Crippen molar-refractivity contribution in [1.29, 1.82) is 0 Å². The maximum atomic E-state index is 3.89. The molecule has 2 aromatic rings. The lowest BCUT2D eigenvalue weighted by atomic mass is 9.93. The highest BCUT2D eigenvalue weighted by atomic mass is 32.2. The molecule has 1 aromatic heterocycles. The molecule has 108 valence electrons. The van der Waals surface area contributed by atoms with Crippen molar-refractivity contribution in [3.63, 3.8) is 0 Å². The SMILES string of the molecule is CSCC1(NC(C)[C@H](C)c2c[nH]c3ccccc23)CC1. The Morgan fingerprint density at radius 3 is 2.75 bits per heavy atom. The summed E-state index contributed by atoms with van der Waals surface area (Å²) in [6.07, 6.45) is 7.05. The molecule has 1 fully saturated rings. The lowest BCUT2D eigenvalue weighted by Gasteiger charge is -2.27. The molecule has 0 saturated heterocycles. The topological polar surface area (TPSA) is 27.8 Å². The number of benzene rings is 1. The van der Waals surface area contributed by atoms with E-state index in [0.717, 1.165) is 0 Å². The molecule has 0 radical (unpaired) electrons. The second-order valence-corrected chi connectivity index (χ2v) is 7.09. The Morgan fingerprint density at radius 1 is 1.30 bits per heavy atom. The summed E-state index contributed by atoms with van der Waals surface area (Å²) in [5, 5.41) is 5.25. The molecule has 1 aromatic carbocycles. The Hall–Kier alpha value is -0.930. The number of thioether (sulfide) groups is 1. The number of rotatable bonds is 6. The van der Waals surface area contributed by atoms with Crippen molar-refractivity contribution in [3.8, 4) is 0 Å². The van der Waals surface area contributed by atoms with Crippen molar-refractivity contribution in [2.75, 3.05) is 12.0 Å². The summed E-state index contributed by atoms with van der Waals surface area (Å²) in [6.45, 7) is 4.66. The van der Waals surface area contributed by atoms with Crippen LogP contribution in [0.15, 0.2) is 30.5 Å². The van der Waals surface area contributed by atoms with Crippen LogP contribution >= 0.6 is 11.8 Å². The number of para-hydroxylation sites is 1. The molecule has 3 rings (SSSR count). The average molecular weight is 288 g/mol. The summed E-state index contributed by atoms with van der Waals surface area (Å²) in [7, 11) is 0. The summed E-state index contributed by atoms with van der Waals surface area (Å²) in [6, 6.07) is 9.09. The van der Waals surface area contributed by atoms with Gasteiger partial charge in [-0.2, -0.15) is 11.8 Å². The molecule has 0 amide bonds. The lowest BCUT2D eigenvalue weighted by molar-refractivity contribution is 0.417. The zero-order valence-corrected chi connectivity index (χ0v) is 13.4. The lowest BCUT2D eigenvalue weighted by Crippen LogP contribution is -2.42. The van der Waals surface area contributed by atoms with Crippen LogP contribution in [0.4, 0.5) is 0 Å². The van der Waals surface area contributed by atoms with Crippen LogP contribution in [0.3, 0.4) is 0 Å². The van der Waals surface area contributed by atoms with Crippen molar-refractivity contribution in [2.24, 2.45) is 0 Å². The first-order valence-electron chi connectivity index (χ1n) is 7.48. The minimum Gasteiger partial charge on any atom is -0.361 e. The van der Waals surface area contributed by atoms with Gasteiger partial charge in [-0.05, 0) is 43.6 Å². The Kier molecular flexibility index (Phi) is 3.83. The summed E-state index contributed by atoms with van der Waals surface area (Å²) < 4.78 is 0. The molecule has 1 aliphatic carbocycles. The summed E-state index contributed by atoms with van der Waals surface area (Å²) in [5.41, 5.74) is 3.09. The Morgan fingerprint density at radius 2 is 2.05 bits per heavy atom. The molecule has 1 aliphatic rings. The second-order valence-electron chi connectivity index (χ2n) is 6.22. The quantitative estimate of drug-likeness (QED) is 0.836. The van der Waals surface area contributed by atoms with Crippen molar-refractivity contribution < 1.29 is 0 Å². The zero-order valence-electron chi connectivity index (χ0n) is 12.6. The van der Waals surface area contributed by atoms with Gasteiger partial charge in [-0.1, -0.05) is 25.1 Å². The van der Waals surface area contributed by atoms with Crippen molar-refractivity contribution >= 4 is 22.7 Å². The maximum Gasteiger partial charge on any atom is 0.0456 e. The summed E-state index contributed by atoms with van der Waals surface area (Å²) in [5.74, 6) is 1.75. The Balaban J connectivity index is 1.76. The standard InChI is InChI=1S/C17H24N2S/c1-12(13(2)19-17(8-9-17)11-20-3)15-10-18-16-7-5-4-6-14(15)16/h4-7,10,12-13,18-19H,8-9,11H2,1-3H3/t12-,13?/m0/s1. The predicted molar refractivity (Wildman–Crippen MR) is 89.7 cm³/mol. The van der Waals surface area contributed by atoms with E-state index >= 15 is 0 Å². The number of aromatic nitrogens is 1. The van der Waals surface area contributed by atoms with Crippen molar-refractivity contribution in [1.82, 2.24) is 10.3 Å². The van der Waals surface area contributed by atoms with Crippen LogP contribution in [0.5, 0.6) is 0 Å². The molecule has 1 unspecified atom stereocenters. The van der Waals surface area contributed by atoms with Gasteiger partial charge in [0.05, 0.1) is 0 Å². The van der Waals surface area contributed by atoms with Crippen LogP contribution in [0.1, 0.15) is 38.2 Å². The first-order valence-corrected chi connectivity index (χ1v) is 8.87. The minimum absolute atomic E-state index is 0.416. The van der Waals surface area contributed by atoms with Crippen LogP contribution in [-0.2, 0) is 0 Å². The highest BCUT2D eigenvalue weighted by Gasteiger charge is 2.43. The van der Waals surface area contributed by atoms with Gasteiger partial charge in [0.2, 0.25) is 0 Å². The molecule has 0 spiro atoms. The molecule has 1 saturated carbocycles.